The van der Waals surface area contributed by atoms with Crippen molar-refractivity contribution in [3.8, 4) is 10.6 Å². The van der Waals surface area contributed by atoms with Crippen LogP contribution in [0, 0.1) is 5.82 Å². The topological polar surface area (TPSA) is 46.3 Å². The van der Waals surface area contributed by atoms with Crippen LogP contribution in [0.25, 0.3) is 10.6 Å². The van der Waals surface area contributed by atoms with Crippen LogP contribution < -0.4 is 0 Å². The third kappa shape index (κ3) is 2.73. The van der Waals surface area contributed by atoms with E-state index in [-0.39, 0.29) is 17.8 Å². The molecule has 6 heteroatoms. The number of hydrogen-bond acceptors (Lipinski definition) is 4. The van der Waals surface area contributed by atoms with Crippen molar-refractivity contribution in [2.24, 2.45) is 0 Å². The number of carbonyl (C=O) groups excluding carboxylic acids is 1. The van der Waals surface area contributed by atoms with Crippen molar-refractivity contribution in [2.45, 2.75) is 18.9 Å². The van der Waals surface area contributed by atoms with Gasteiger partial charge in [-0.2, -0.15) is 0 Å². The Bertz CT molecular complexity index is 860. The highest BCUT2D eigenvalue weighted by atomic mass is 32.1. The molecule has 1 aliphatic heterocycles. The highest BCUT2D eigenvalue weighted by Crippen LogP contribution is 2.34. The molecular formula is C18H15FN2O2S. The Labute approximate surface area is 142 Å². The molecule has 3 aromatic rings. The molecule has 122 valence electrons. The lowest BCUT2D eigenvalue weighted by atomic mass is 10.0. The summed E-state index contributed by atoms with van der Waals surface area (Å²) in [5, 5.41) is 5.87. The van der Waals surface area contributed by atoms with Crippen LogP contribution in [0.2, 0.25) is 0 Å². The Morgan fingerprint density at radius 2 is 2.21 bits per heavy atom. The number of amides is 1. The van der Waals surface area contributed by atoms with Crippen molar-refractivity contribution in [1.29, 1.82) is 0 Å². The molecule has 24 heavy (non-hydrogen) atoms. The molecule has 0 N–H and O–H groups in total. The van der Waals surface area contributed by atoms with Gasteiger partial charge in [0.15, 0.2) is 11.5 Å². The number of halogens is 1. The molecule has 0 spiro atoms. The van der Waals surface area contributed by atoms with Gasteiger partial charge in [-0.3, -0.25) is 4.79 Å². The van der Waals surface area contributed by atoms with E-state index < -0.39 is 0 Å². The summed E-state index contributed by atoms with van der Waals surface area (Å²) in [6.07, 6.45) is 1.72. The van der Waals surface area contributed by atoms with Crippen LogP contribution in [0.5, 0.6) is 0 Å². The molecule has 0 radical (unpaired) electrons. The average molecular weight is 342 g/mol. The van der Waals surface area contributed by atoms with Crippen LogP contribution in [0.1, 0.15) is 34.9 Å². The van der Waals surface area contributed by atoms with E-state index in [9.17, 15) is 9.18 Å². The molecule has 1 aromatic carbocycles. The Hall–Kier alpha value is -2.47. The number of carbonyl (C=O) groups is 1. The van der Waals surface area contributed by atoms with E-state index >= 15 is 0 Å². The molecule has 0 bridgehead atoms. The largest absolute Gasteiger partial charge is 0.355 e. The molecule has 0 aliphatic carbocycles. The maximum Gasteiger partial charge on any atom is 0.276 e. The fourth-order valence-corrected chi connectivity index (χ4v) is 3.80. The first-order valence-electron chi connectivity index (χ1n) is 7.79. The Morgan fingerprint density at radius 1 is 1.29 bits per heavy atom. The van der Waals surface area contributed by atoms with Gasteiger partial charge in [-0.05, 0) is 42.0 Å². The van der Waals surface area contributed by atoms with Gasteiger partial charge in [0, 0.05) is 12.6 Å². The van der Waals surface area contributed by atoms with Crippen molar-refractivity contribution in [3.05, 3.63) is 64.9 Å². The second kappa shape index (κ2) is 6.20. The minimum absolute atomic E-state index is 0.116. The summed E-state index contributed by atoms with van der Waals surface area (Å²) >= 11 is 1.53. The molecule has 4 rings (SSSR count). The first-order chi connectivity index (χ1) is 11.7. The highest BCUT2D eigenvalue weighted by molar-refractivity contribution is 7.13. The second-order valence-electron chi connectivity index (χ2n) is 5.77. The van der Waals surface area contributed by atoms with Crippen LogP contribution in [0.15, 0.2) is 52.4 Å². The van der Waals surface area contributed by atoms with E-state index in [0.717, 1.165) is 23.3 Å². The molecule has 0 unspecified atom stereocenters. The van der Waals surface area contributed by atoms with Gasteiger partial charge < -0.3 is 9.42 Å². The zero-order valence-electron chi connectivity index (χ0n) is 12.8. The summed E-state index contributed by atoms with van der Waals surface area (Å²) in [5.41, 5.74) is 1.12. The van der Waals surface area contributed by atoms with Gasteiger partial charge in [0.2, 0.25) is 0 Å². The minimum atomic E-state index is -0.284. The zero-order valence-corrected chi connectivity index (χ0v) is 13.6. The quantitative estimate of drug-likeness (QED) is 0.703. The number of likely N-dealkylation sites (tertiary alicyclic amines) is 1. The standard InChI is InChI=1S/C18H15FN2O2S/c19-13-5-1-4-12(10-13)15-6-2-8-21(15)18(22)14-11-16(23-20-14)17-7-3-9-24-17/h1,3-5,7,9-11,15H,2,6,8H2/t15-/m1/s1. The van der Waals surface area contributed by atoms with Crippen molar-refractivity contribution >= 4 is 17.2 Å². The summed E-state index contributed by atoms with van der Waals surface area (Å²) in [5.74, 6) is 0.136. The predicted molar refractivity (Wildman–Crippen MR) is 89.2 cm³/mol. The highest BCUT2D eigenvalue weighted by Gasteiger charge is 2.32. The van der Waals surface area contributed by atoms with Crippen LogP contribution in [-0.4, -0.2) is 22.5 Å². The number of thiophene rings is 1. The summed E-state index contributed by atoms with van der Waals surface area (Å²) in [6, 6.07) is 11.8. The fraction of sp³-hybridized carbons (Fsp3) is 0.222. The van der Waals surface area contributed by atoms with Crippen LogP contribution in [-0.2, 0) is 0 Å². The van der Waals surface area contributed by atoms with E-state index in [1.54, 1.807) is 17.0 Å². The molecule has 1 amide bonds. The third-order valence-corrected chi connectivity index (χ3v) is 5.12. The van der Waals surface area contributed by atoms with Gasteiger partial charge in [0.1, 0.15) is 5.82 Å². The lowest BCUT2D eigenvalue weighted by Gasteiger charge is -2.24. The summed E-state index contributed by atoms with van der Waals surface area (Å²) in [6.45, 7) is 0.640. The normalized spacial score (nSPS) is 17.4. The van der Waals surface area contributed by atoms with Gasteiger partial charge in [-0.15, -0.1) is 11.3 Å². The van der Waals surface area contributed by atoms with Crippen molar-refractivity contribution in [2.75, 3.05) is 6.54 Å². The van der Waals surface area contributed by atoms with E-state index in [2.05, 4.69) is 5.16 Å². The van der Waals surface area contributed by atoms with Gasteiger partial charge >= 0.3 is 0 Å². The number of benzene rings is 1. The lowest BCUT2D eigenvalue weighted by Crippen LogP contribution is -2.30. The predicted octanol–water partition coefficient (Wildman–Crippen LogP) is 4.52. The van der Waals surface area contributed by atoms with E-state index in [0.29, 0.717) is 18.0 Å². The molecule has 3 heterocycles. The Kier molecular flexibility index (Phi) is 3.90. The zero-order chi connectivity index (χ0) is 16.5. The smallest absolute Gasteiger partial charge is 0.276 e. The summed E-state index contributed by atoms with van der Waals surface area (Å²) < 4.78 is 18.8. The Balaban J connectivity index is 1.59. The monoisotopic (exact) mass is 342 g/mol. The fourth-order valence-electron chi connectivity index (χ4n) is 3.13. The van der Waals surface area contributed by atoms with Gasteiger partial charge in [0.25, 0.3) is 5.91 Å². The van der Waals surface area contributed by atoms with Crippen molar-refractivity contribution in [3.63, 3.8) is 0 Å². The van der Waals surface area contributed by atoms with Gasteiger partial charge in [-0.1, -0.05) is 23.4 Å². The van der Waals surface area contributed by atoms with Gasteiger partial charge in [0.05, 0.1) is 10.9 Å². The number of nitrogens with zero attached hydrogens (tertiary/aromatic N) is 2. The first-order valence-corrected chi connectivity index (χ1v) is 8.67. The van der Waals surface area contributed by atoms with Crippen LogP contribution in [0.4, 0.5) is 4.39 Å². The van der Waals surface area contributed by atoms with E-state index in [1.807, 2.05) is 23.6 Å². The molecule has 1 fully saturated rings. The van der Waals surface area contributed by atoms with Crippen LogP contribution >= 0.6 is 11.3 Å². The van der Waals surface area contributed by atoms with Crippen molar-refractivity contribution in [1.82, 2.24) is 10.1 Å². The maximum atomic E-state index is 13.5. The molecule has 4 nitrogen and oxygen atoms in total. The minimum Gasteiger partial charge on any atom is -0.355 e. The van der Waals surface area contributed by atoms with E-state index in [4.69, 9.17) is 4.52 Å². The van der Waals surface area contributed by atoms with E-state index in [1.165, 1.54) is 23.5 Å². The second-order valence-corrected chi connectivity index (χ2v) is 6.71. The SMILES string of the molecule is O=C(c1cc(-c2cccs2)on1)N1CCC[C@@H]1c1cccc(F)c1. The lowest BCUT2D eigenvalue weighted by molar-refractivity contribution is 0.0725. The number of aromatic nitrogens is 1. The molecule has 0 saturated carbocycles. The third-order valence-electron chi connectivity index (χ3n) is 4.24. The van der Waals surface area contributed by atoms with Crippen LogP contribution in [0.3, 0.4) is 0 Å². The maximum absolute atomic E-state index is 13.5. The first kappa shape index (κ1) is 15.1. The van der Waals surface area contributed by atoms with Crippen molar-refractivity contribution < 1.29 is 13.7 Å². The molecule has 1 saturated heterocycles. The summed E-state index contributed by atoms with van der Waals surface area (Å²) in [7, 11) is 0. The number of rotatable bonds is 3. The molecule has 1 aliphatic rings. The Morgan fingerprint density at radius 3 is 3.00 bits per heavy atom. The number of hydrogen-bond donors (Lipinski definition) is 0. The van der Waals surface area contributed by atoms with Gasteiger partial charge in [-0.25, -0.2) is 4.39 Å². The molecule has 1 atom stereocenters. The summed E-state index contributed by atoms with van der Waals surface area (Å²) in [4.78, 5) is 15.5. The average Bonchev–Trinajstić information content (AvgIpc) is 3.33. The molecule has 2 aromatic heterocycles. The molecular weight excluding hydrogens is 327 g/mol.